The van der Waals surface area contributed by atoms with Gasteiger partial charge in [0.05, 0.1) is 0 Å². The third-order valence-electron chi connectivity index (χ3n) is 1.29. The first-order valence-electron chi connectivity index (χ1n) is 2.66. The first-order valence-corrected chi connectivity index (χ1v) is 2.66. The molecule has 0 saturated carbocycles. The lowest BCUT2D eigenvalue weighted by atomic mass is 10.2. The van der Waals surface area contributed by atoms with E-state index in [9.17, 15) is 0 Å². The summed E-state index contributed by atoms with van der Waals surface area (Å²) >= 11 is 0. The molecule has 1 aliphatic heterocycles. The highest BCUT2D eigenvalue weighted by molar-refractivity contribution is 5.09. The van der Waals surface area contributed by atoms with Gasteiger partial charge in [0.1, 0.15) is 0 Å². The molecule has 2 unspecified atom stereocenters. The molecule has 1 rings (SSSR count). The van der Waals surface area contributed by atoms with Crippen LogP contribution in [-0.4, -0.2) is 32.3 Å². The molecule has 4 N–H and O–H groups in total. The highest BCUT2D eigenvalue weighted by Crippen LogP contribution is 2.28. The average Bonchev–Trinajstić information content (AvgIpc) is 1.95. The highest BCUT2D eigenvalue weighted by Gasteiger charge is 2.45. The Morgan fingerprint density at radius 3 is 2.10 bits per heavy atom. The Morgan fingerprint density at radius 2 is 2.00 bits per heavy atom. The summed E-state index contributed by atoms with van der Waals surface area (Å²) in [4.78, 5) is 0. The van der Waals surface area contributed by atoms with E-state index in [0.29, 0.717) is 0 Å². The van der Waals surface area contributed by atoms with Crippen molar-refractivity contribution in [3.63, 3.8) is 0 Å². The number of aliphatic hydroxyl groups is 4. The van der Waals surface area contributed by atoms with Gasteiger partial charge in [0.25, 0.3) is 0 Å². The van der Waals surface area contributed by atoms with Crippen LogP contribution in [0.15, 0.2) is 11.7 Å². The van der Waals surface area contributed by atoms with E-state index in [1.54, 1.807) is 0 Å². The molecule has 0 amide bonds. The van der Waals surface area contributed by atoms with Crippen molar-refractivity contribution in [2.75, 3.05) is 0 Å². The molecule has 2 atom stereocenters. The first kappa shape index (κ1) is 7.17. The lowest BCUT2D eigenvalue weighted by Gasteiger charge is -2.19. The third-order valence-corrected chi connectivity index (χ3v) is 1.29. The monoisotopic (exact) mass is 148 g/mol. The standard InChI is InChI=1S/C5H8O5/c1-5(9)3(7)2(6)4(8)10-5/h3,6-9H,1H3. The Balaban J connectivity index is 2.87. The van der Waals surface area contributed by atoms with Crippen LogP contribution >= 0.6 is 0 Å². The van der Waals surface area contributed by atoms with Crippen LogP contribution in [0, 0.1) is 0 Å². The lowest BCUT2D eigenvalue weighted by Crippen LogP contribution is -2.37. The average molecular weight is 148 g/mol. The number of ether oxygens (including phenoxy) is 1. The van der Waals surface area contributed by atoms with E-state index >= 15 is 0 Å². The van der Waals surface area contributed by atoms with Crippen molar-refractivity contribution >= 4 is 0 Å². The molecule has 0 fully saturated rings. The molecule has 10 heavy (non-hydrogen) atoms. The molecular weight excluding hydrogens is 140 g/mol. The van der Waals surface area contributed by atoms with Gasteiger partial charge in [0.2, 0.25) is 11.5 Å². The fourth-order valence-electron chi connectivity index (χ4n) is 0.674. The van der Waals surface area contributed by atoms with E-state index < -0.39 is 23.6 Å². The largest absolute Gasteiger partial charge is 0.504 e. The van der Waals surface area contributed by atoms with E-state index in [1.165, 1.54) is 0 Å². The summed E-state index contributed by atoms with van der Waals surface area (Å²) in [5.74, 6) is -3.50. The summed E-state index contributed by atoms with van der Waals surface area (Å²) in [6, 6.07) is 0. The molecule has 0 aromatic heterocycles. The molecule has 0 spiro atoms. The number of hydrogen-bond acceptors (Lipinski definition) is 5. The van der Waals surface area contributed by atoms with Crippen molar-refractivity contribution in [1.82, 2.24) is 0 Å². The molecule has 5 heteroatoms. The molecular formula is C5H8O5. The van der Waals surface area contributed by atoms with Gasteiger partial charge in [-0.1, -0.05) is 0 Å². The topological polar surface area (TPSA) is 90.2 Å². The summed E-state index contributed by atoms with van der Waals surface area (Å²) in [5, 5.41) is 35.1. The van der Waals surface area contributed by atoms with Crippen molar-refractivity contribution in [3.8, 4) is 0 Å². The summed E-state index contributed by atoms with van der Waals surface area (Å²) in [6.45, 7) is 1.12. The van der Waals surface area contributed by atoms with E-state index in [4.69, 9.17) is 20.4 Å². The van der Waals surface area contributed by atoms with E-state index in [0.717, 1.165) is 6.92 Å². The minimum atomic E-state index is -1.92. The van der Waals surface area contributed by atoms with Gasteiger partial charge in [-0.3, -0.25) is 0 Å². The zero-order valence-electron chi connectivity index (χ0n) is 5.27. The van der Waals surface area contributed by atoms with Gasteiger partial charge in [-0.2, -0.15) is 0 Å². The van der Waals surface area contributed by atoms with E-state index in [2.05, 4.69) is 4.74 Å². The normalized spacial score (nSPS) is 40.1. The quantitative estimate of drug-likeness (QED) is 0.367. The van der Waals surface area contributed by atoms with Crippen molar-refractivity contribution in [2.24, 2.45) is 0 Å². The van der Waals surface area contributed by atoms with Gasteiger partial charge in [-0.05, 0) is 0 Å². The van der Waals surface area contributed by atoms with Crippen molar-refractivity contribution in [1.29, 1.82) is 0 Å². The zero-order valence-corrected chi connectivity index (χ0v) is 5.27. The molecule has 0 aliphatic carbocycles. The van der Waals surface area contributed by atoms with Gasteiger partial charge < -0.3 is 25.2 Å². The Morgan fingerprint density at radius 1 is 1.50 bits per heavy atom. The van der Waals surface area contributed by atoms with E-state index in [-0.39, 0.29) is 0 Å². The minimum absolute atomic E-state index is 0.745. The van der Waals surface area contributed by atoms with Crippen LogP contribution < -0.4 is 0 Å². The fraction of sp³-hybridized carbons (Fsp3) is 0.600. The first-order chi connectivity index (χ1) is 4.45. The van der Waals surface area contributed by atoms with Gasteiger partial charge in [0, 0.05) is 6.92 Å². The lowest BCUT2D eigenvalue weighted by molar-refractivity contribution is -0.209. The van der Waals surface area contributed by atoms with Crippen LogP contribution in [0.1, 0.15) is 6.92 Å². The van der Waals surface area contributed by atoms with Gasteiger partial charge >= 0.3 is 5.95 Å². The number of hydrogen-bond donors (Lipinski definition) is 4. The van der Waals surface area contributed by atoms with Crippen LogP contribution in [0.5, 0.6) is 0 Å². The molecule has 0 radical (unpaired) electrons. The molecule has 1 aliphatic rings. The minimum Gasteiger partial charge on any atom is -0.504 e. The molecule has 0 bridgehead atoms. The summed E-state index contributed by atoms with van der Waals surface area (Å²) < 4.78 is 4.26. The maximum Gasteiger partial charge on any atom is 0.321 e. The SMILES string of the molecule is CC1(O)OC(O)=C(O)C1O. The third kappa shape index (κ3) is 0.795. The summed E-state index contributed by atoms with van der Waals surface area (Å²) in [6.07, 6.45) is -1.58. The maximum atomic E-state index is 8.97. The second-order valence-electron chi connectivity index (χ2n) is 2.25. The Bertz CT molecular complexity index is 182. The van der Waals surface area contributed by atoms with E-state index in [1.807, 2.05) is 0 Å². The smallest absolute Gasteiger partial charge is 0.321 e. The van der Waals surface area contributed by atoms with Crippen molar-refractivity contribution in [3.05, 3.63) is 11.7 Å². The summed E-state index contributed by atoms with van der Waals surface area (Å²) in [7, 11) is 0. The highest BCUT2D eigenvalue weighted by atomic mass is 16.7. The Labute approximate surface area is 56.8 Å². The van der Waals surface area contributed by atoms with Crippen LogP contribution in [0.3, 0.4) is 0 Å². The van der Waals surface area contributed by atoms with Gasteiger partial charge in [-0.25, -0.2) is 0 Å². The van der Waals surface area contributed by atoms with Crippen LogP contribution in [-0.2, 0) is 4.74 Å². The number of aliphatic hydroxyl groups excluding tert-OH is 3. The van der Waals surface area contributed by atoms with Crippen molar-refractivity contribution in [2.45, 2.75) is 18.8 Å². The second kappa shape index (κ2) is 1.77. The van der Waals surface area contributed by atoms with Crippen LogP contribution in [0.4, 0.5) is 0 Å². The molecule has 0 aromatic rings. The predicted octanol–water partition coefficient (Wildman–Crippen LogP) is -0.629. The molecule has 1 heterocycles. The Kier molecular flexibility index (Phi) is 1.27. The van der Waals surface area contributed by atoms with Gasteiger partial charge in [0.15, 0.2) is 6.10 Å². The zero-order chi connectivity index (χ0) is 7.94. The predicted molar refractivity (Wildman–Crippen MR) is 30.0 cm³/mol. The van der Waals surface area contributed by atoms with Gasteiger partial charge in [-0.15, -0.1) is 0 Å². The number of rotatable bonds is 0. The molecule has 58 valence electrons. The van der Waals surface area contributed by atoms with Crippen molar-refractivity contribution < 1.29 is 25.2 Å². The fourth-order valence-corrected chi connectivity index (χ4v) is 0.674. The summed E-state index contributed by atoms with van der Waals surface area (Å²) in [5.41, 5.74) is 0. The molecule has 0 saturated heterocycles. The molecule has 5 nitrogen and oxygen atoms in total. The maximum absolute atomic E-state index is 8.97. The van der Waals surface area contributed by atoms with Crippen LogP contribution in [0.25, 0.3) is 0 Å². The molecule has 0 aromatic carbocycles. The second-order valence-corrected chi connectivity index (χ2v) is 2.25. The Hall–Kier alpha value is -0.940. The van der Waals surface area contributed by atoms with Crippen LogP contribution in [0.2, 0.25) is 0 Å².